The van der Waals surface area contributed by atoms with Gasteiger partial charge in [0.25, 0.3) is 0 Å². The van der Waals surface area contributed by atoms with Crippen molar-refractivity contribution in [1.82, 2.24) is 29.9 Å². The molecular formula is C69H102N12. The lowest BCUT2D eigenvalue weighted by atomic mass is 9.82. The number of pyridine rings is 6. The van der Waals surface area contributed by atoms with Crippen LogP contribution in [0.25, 0.3) is 0 Å². The molecule has 0 fully saturated rings. The first-order valence-corrected chi connectivity index (χ1v) is 28.8. The Labute approximate surface area is 491 Å². The maximum Gasteiger partial charge on any atom is 0.0808 e. The lowest BCUT2D eigenvalue weighted by Gasteiger charge is -2.28. The molecular weight excluding hydrogens is 997 g/mol. The Morgan fingerprint density at radius 3 is 0.963 bits per heavy atom. The summed E-state index contributed by atoms with van der Waals surface area (Å²) in [5.41, 5.74) is 6.11. The Hall–Kier alpha value is -7.08. The Morgan fingerprint density at radius 1 is 0.383 bits per heavy atom. The van der Waals surface area contributed by atoms with Crippen molar-refractivity contribution in [1.29, 1.82) is 0 Å². The zero-order chi connectivity index (χ0) is 60.8. The summed E-state index contributed by atoms with van der Waals surface area (Å²) in [6.07, 6.45) is 26.0. The zero-order valence-electron chi connectivity index (χ0n) is 53.3. The lowest BCUT2D eigenvalue weighted by molar-refractivity contribution is 0.289. The minimum Gasteiger partial charge on any atom is -0.288 e. The number of nitrogens with zero attached hydrogens (tertiary/aromatic N) is 12. The smallest absolute Gasteiger partial charge is 0.0808 e. The number of hydrogen-bond donors (Lipinski definition) is 0. The molecule has 438 valence electrons. The molecule has 0 bridgehead atoms. The summed E-state index contributed by atoms with van der Waals surface area (Å²) in [5, 5.41) is 0. The first-order chi connectivity index (χ1) is 38.1. The summed E-state index contributed by atoms with van der Waals surface area (Å²) in [6, 6.07) is 36.0. The van der Waals surface area contributed by atoms with Crippen LogP contribution in [0.2, 0.25) is 0 Å². The van der Waals surface area contributed by atoms with E-state index in [9.17, 15) is 0 Å². The molecule has 0 radical (unpaired) electrons. The highest BCUT2D eigenvalue weighted by Gasteiger charge is 2.24. The van der Waals surface area contributed by atoms with Crippen LogP contribution in [0.5, 0.6) is 0 Å². The van der Waals surface area contributed by atoms with Gasteiger partial charge in [0.15, 0.2) is 0 Å². The van der Waals surface area contributed by atoms with Crippen LogP contribution >= 0.6 is 0 Å². The first kappa shape index (κ1) is 71.9. The van der Waals surface area contributed by atoms with Gasteiger partial charge in [-0.05, 0) is 178 Å². The molecule has 0 spiro atoms. The van der Waals surface area contributed by atoms with E-state index in [0.717, 1.165) is 59.8 Å². The second kappa shape index (κ2) is 38.5. The quantitative estimate of drug-likeness (QED) is 0.0880. The zero-order valence-corrected chi connectivity index (χ0v) is 53.3. The fourth-order valence-corrected chi connectivity index (χ4v) is 6.79. The third kappa shape index (κ3) is 37.5. The van der Waals surface area contributed by atoms with E-state index in [1.807, 2.05) is 148 Å². The summed E-state index contributed by atoms with van der Waals surface area (Å²) in [5.74, 6) is 0.583. The molecule has 6 rings (SSSR count). The number of aliphatic imine (C=N–C) groups is 6. The van der Waals surface area contributed by atoms with Gasteiger partial charge >= 0.3 is 0 Å². The molecule has 0 aliphatic rings. The average molecular weight is 1100 g/mol. The van der Waals surface area contributed by atoms with Gasteiger partial charge in [0.2, 0.25) is 0 Å². The van der Waals surface area contributed by atoms with Gasteiger partial charge in [-0.1, -0.05) is 113 Å². The van der Waals surface area contributed by atoms with Gasteiger partial charge in [0.1, 0.15) is 0 Å². The normalized spacial score (nSPS) is 13.0. The topological polar surface area (TPSA) is 152 Å². The lowest BCUT2D eigenvalue weighted by Crippen LogP contribution is -2.25. The van der Waals surface area contributed by atoms with E-state index in [2.05, 4.69) is 179 Å². The van der Waals surface area contributed by atoms with Crippen LogP contribution in [0.4, 0.5) is 0 Å². The molecule has 6 aromatic rings. The fraction of sp³-hybridized carbons (Fsp3) is 0.478. The highest BCUT2D eigenvalue weighted by atomic mass is 14.9. The van der Waals surface area contributed by atoms with Gasteiger partial charge in [-0.2, -0.15) is 0 Å². The van der Waals surface area contributed by atoms with Crippen LogP contribution in [0.15, 0.2) is 176 Å². The minimum atomic E-state index is -0.0320. The van der Waals surface area contributed by atoms with Crippen molar-refractivity contribution in [2.45, 2.75) is 199 Å². The Morgan fingerprint density at radius 2 is 0.691 bits per heavy atom. The van der Waals surface area contributed by atoms with Gasteiger partial charge < -0.3 is 0 Å². The van der Waals surface area contributed by atoms with Crippen molar-refractivity contribution < 1.29 is 0 Å². The predicted molar refractivity (Wildman–Crippen MR) is 351 cm³/mol. The van der Waals surface area contributed by atoms with Crippen LogP contribution in [0.3, 0.4) is 0 Å². The largest absolute Gasteiger partial charge is 0.288 e. The van der Waals surface area contributed by atoms with Crippen LogP contribution in [0.1, 0.15) is 198 Å². The molecule has 0 saturated heterocycles. The Kier molecular flexibility index (Phi) is 34.2. The molecule has 0 aliphatic heterocycles. The monoisotopic (exact) mass is 1100 g/mol. The van der Waals surface area contributed by atoms with Crippen molar-refractivity contribution in [3.05, 3.63) is 181 Å². The maximum absolute atomic E-state index is 4.69. The van der Waals surface area contributed by atoms with Crippen LogP contribution < -0.4 is 0 Å². The van der Waals surface area contributed by atoms with E-state index in [1.165, 1.54) is 0 Å². The molecule has 0 N–H and O–H groups in total. The van der Waals surface area contributed by atoms with Crippen molar-refractivity contribution in [2.24, 2.45) is 46.7 Å². The third-order valence-electron chi connectivity index (χ3n) is 12.3. The maximum atomic E-state index is 4.69. The van der Waals surface area contributed by atoms with E-state index < -0.39 is 0 Å². The molecule has 0 saturated carbocycles. The molecule has 0 amide bonds. The highest BCUT2D eigenvalue weighted by molar-refractivity contribution is 5.79. The summed E-state index contributed by atoms with van der Waals surface area (Å²) in [6.45, 7) is 43.0. The molecule has 12 heteroatoms. The van der Waals surface area contributed by atoms with Gasteiger partial charge in [0, 0.05) is 86.6 Å². The van der Waals surface area contributed by atoms with Crippen molar-refractivity contribution in [3.63, 3.8) is 0 Å². The third-order valence-corrected chi connectivity index (χ3v) is 12.3. The van der Waals surface area contributed by atoms with Crippen LogP contribution in [-0.2, 0) is 0 Å². The number of hydrogen-bond acceptors (Lipinski definition) is 12. The molecule has 2 atom stereocenters. The van der Waals surface area contributed by atoms with E-state index in [-0.39, 0.29) is 22.0 Å². The molecule has 6 aromatic heterocycles. The summed E-state index contributed by atoms with van der Waals surface area (Å²) < 4.78 is 0. The molecule has 12 nitrogen and oxygen atoms in total. The first-order valence-electron chi connectivity index (χ1n) is 28.8. The Balaban J connectivity index is 0.000000488. The molecule has 0 aromatic carbocycles. The Bertz CT molecular complexity index is 2650. The number of aromatic nitrogens is 6. The predicted octanol–water partition coefficient (Wildman–Crippen LogP) is 16.9. The van der Waals surface area contributed by atoms with Crippen molar-refractivity contribution in [3.8, 4) is 0 Å². The second-order valence-corrected chi connectivity index (χ2v) is 24.3. The highest BCUT2D eigenvalue weighted by Crippen LogP contribution is 2.29. The molecule has 6 heterocycles. The summed E-state index contributed by atoms with van der Waals surface area (Å²) in [4.78, 5) is 51.8. The van der Waals surface area contributed by atoms with Crippen LogP contribution in [0, 0.1) is 16.7 Å². The van der Waals surface area contributed by atoms with Gasteiger partial charge in [0.05, 0.1) is 56.8 Å². The van der Waals surface area contributed by atoms with Gasteiger partial charge in [-0.3, -0.25) is 59.9 Å². The SMILES string of the molecule is CC(C)(C)CC(C)(C)N=Cc1ccccn1.CC(C)(C)N=Cc1ccccn1.CC(C)N=Cc1ccccn1.CC(C)[C@H](C)N=Cc1ccccn1.CC(N=Cc1ccccn1)C(C)(C)C.CCC(CC)(CC)N=Cc1ccccn1. The average Bonchev–Trinajstić information content (AvgIpc) is 3.44. The second-order valence-electron chi connectivity index (χ2n) is 24.3. The summed E-state index contributed by atoms with van der Waals surface area (Å²) >= 11 is 0. The molecule has 0 aliphatic carbocycles. The van der Waals surface area contributed by atoms with E-state index in [1.54, 1.807) is 49.6 Å². The summed E-state index contributed by atoms with van der Waals surface area (Å²) in [7, 11) is 0. The van der Waals surface area contributed by atoms with E-state index >= 15 is 0 Å². The van der Waals surface area contributed by atoms with Gasteiger partial charge in [-0.15, -0.1) is 0 Å². The van der Waals surface area contributed by atoms with E-state index in [4.69, 9.17) is 4.99 Å². The van der Waals surface area contributed by atoms with E-state index in [0.29, 0.717) is 29.5 Å². The number of rotatable bonds is 16. The van der Waals surface area contributed by atoms with Crippen molar-refractivity contribution in [2.75, 3.05) is 0 Å². The minimum absolute atomic E-state index is 0.0163. The standard InChI is InChI=1S/C14H22N2.C13H20N2.C12H18N2.C11H16N2.C10H14N2.C9H12N2/c1-13(2,3)11-14(4,5)16-10-12-8-6-7-9-15-12;1-4-13(5-2,6-3)15-11-12-9-7-8-10-14-12;1-10(12(2,3)4)14-9-11-7-5-6-8-13-11;1-9(2)10(3)13-8-11-6-4-5-7-12-11;1-10(2,3)12-8-9-6-4-5-7-11-9;1-8(2)11-7-9-5-3-4-6-10-9/h6-10H,11H2,1-5H3;7-11H,4-6H2,1-3H3;5-10H,1-4H3;4-10H,1-3H3;4-8H,1-3H3;3-8H,1-2H3/t;;;10-;;/m...0../s1. The molecule has 81 heavy (non-hydrogen) atoms. The van der Waals surface area contributed by atoms with Crippen molar-refractivity contribution >= 4 is 37.3 Å². The fourth-order valence-electron chi connectivity index (χ4n) is 6.79. The van der Waals surface area contributed by atoms with Crippen LogP contribution in [-0.4, -0.2) is 102 Å². The van der Waals surface area contributed by atoms with Gasteiger partial charge in [-0.25, -0.2) is 0 Å². The molecule has 1 unspecified atom stereocenters.